The molecule has 0 bridgehead atoms. The summed E-state index contributed by atoms with van der Waals surface area (Å²) in [4.78, 5) is 8.41. The lowest BCUT2D eigenvalue weighted by atomic mass is 9.94. The molecular formula is C14H24N4O2. The predicted molar refractivity (Wildman–Crippen MR) is 78.3 cm³/mol. The third-order valence-corrected chi connectivity index (χ3v) is 3.70. The standard InChI is InChI=1S/C14H24N4O2/c1-20-9-13-17-11(15)8-12(18-13)16-10-14(19)6-4-2-3-5-7-14/h8,19H,2-7,9-10H2,1H3,(H3,15,16,17,18). The van der Waals surface area contributed by atoms with Crippen molar-refractivity contribution in [2.45, 2.75) is 50.7 Å². The Morgan fingerprint density at radius 3 is 2.65 bits per heavy atom. The molecule has 1 fully saturated rings. The zero-order valence-corrected chi connectivity index (χ0v) is 12.1. The molecule has 6 heteroatoms. The zero-order chi connectivity index (χ0) is 14.4. The van der Waals surface area contributed by atoms with Crippen molar-refractivity contribution < 1.29 is 9.84 Å². The van der Waals surface area contributed by atoms with Gasteiger partial charge in [0.15, 0.2) is 5.82 Å². The highest BCUT2D eigenvalue weighted by molar-refractivity contribution is 5.44. The van der Waals surface area contributed by atoms with E-state index in [1.807, 2.05) is 0 Å². The molecule has 112 valence electrons. The minimum atomic E-state index is -0.641. The van der Waals surface area contributed by atoms with Gasteiger partial charge in [-0.25, -0.2) is 9.97 Å². The highest BCUT2D eigenvalue weighted by Gasteiger charge is 2.27. The van der Waals surface area contributed by atoms with Crippen LogP contribution in [0.15, 0.2) is 6.07 Å². The summed E-state index contributed by atoms with van der Waals surface area (Å²) in [7, 11) is 1.59. The summed E-state index contributed by atoms with van der Waals surface area (Å²) in [5.74, 6) is 1.59. The van der Waals surface area contributed by atoms with Gasteiger partial charge in [-0.2, -0.15) is 0 Å². The van der Waals surface area contributed by atoms with Crippen molar-refractivity contribution in [1.29, 1.82) is 0 Å². The fourth-order valence-corrected chi connectivity index (χ4v) is 2.62. The molecule has 0 saturated heterocycles. The van der Waals surface area contributed by atoms with Crippen molar-refractivity contribution in [3.05, 3.63) is 11.9 Å². The number of nitrogens with zero attached hydrogens (tertiary/aromatic N) is 2. The van der Waals surface area contributed by atoms with Crippen LogP contribution in [-0.4, -0.2) is 34.3 Å². The first-order valence-corrected chi connectivity index (χ1v) is 7.20. The smallest absolute Gasteiger partial charge is 0.158 e. The van der Waals surface area contributed by atoms with Crippen LogP contribution >= 0.6 is 0 Å². The molecule has 0 radical (unpaired) electrons. The minimum Gasteiger partial charge on any atom is -0.388 e. The van der Waals surface area contributed by atoms with Crippen molar-refractivity contribution in [3.63, 3.8) is 0 Å². The molecule has 1 heterocycles. The van der Waals surface area contributed by atoms with Gasteiger partial charge in [0.25, 0.3) is 0 Å². The maximum atomic E-state index is 10.6. The molecule has 4 N–H and O–H groups in total. The molecule has 2 rings (SSSR count). The molecule has 1 aliphatic rings. The number of aromatic nitrogens is 2. The number of aliphatic hydroxyl groups is 1. The van der Waals surface area contributed by atoms with Gasteiger partial charge in [-0.3, -0.25) is 0 Å². The molecule has 0 aromatic carbocycles. The van der Waals surface area contributed by atoms with E-state index in [1.54, 1.807) is 13.2 Å². The van der Waals surface area contributed by atoms with Crippen LogP contribution in [0.1, 0.15) is 44.3 Å². The van der Waals surface area contributed by atoms with E-state index in [1.165, 1.54) is 12.8 Å². The van der Waals surface area contributed by atoms with E-state index in [2.05, 4.69) is 15.3 Å². The van der Waals surface area contributed by atoms with Crippen LogP contribution < -0.4 is 11.1 Å². The third kappa shape index (κ3) is 4.31. The van der Waals surface area contributed by atoms with Crippen LogP contribution in [0.5, 0.6) is 0 Å². The molecule has 1 saturated carbocycles. The van der Waals surface area contributed by atoms with Crippen molar-refractivity contribution in [3.8, 4) is 0 Å². The molecular weight excluding hydrogens is 256 g/mol. The molecule has 1 aromatic heterocycles. The summed E-state index contributed by atoms with van der Waals surface area (Å²) in [6.07, 6.45) is 6.26. The second-order valence-corrected chi connectivity index (χ2v) is 5.52. The van der Waals surface area contributed by atoms with Gasteiger partial charge in [0.1, 0.15) is 18.2 Å². The van der Waals surface area contributed by atoms with E-state index in [0.29, 0.717) is 30.6 Å². The average Bonchev–Trinajstić information content (AvgIpc) is 2.62. The number of nitrogen functional groups attached to an aromatic ring is 1. The van der Waals surface area contributed by atoms with Crippen LogP contribution in [0.3, 0.4) is 0 Å². The number of hydrogen-bond acceptors (Lipinski definition) is 6. The molecule has 1 aliphatic carbocycles. The summed E-state index contributed by atoms with van der Waals surface area (Å²) in [6, 6.07) is 1.68. The summed E-state index contributed by atoms with van der Waals surface area (Å²) >= 11 is 0. The van der Waals surface area contributed by atoms with Crippen molar-refractivity contribution >= 4 is 11.6 Å². The van der Waals surface area contributed by atoms with Crippen LogP contribution in [0.4, 0.5) is 11.6 Å². The topological polar surface area (TPSA) is 93.3 Å². The van der Waals surface area contributed by atoms with Crippen LogP contribution in [0.25, 0.3) is 0 Å². The molecule has 20 heavy (non-hydrogen) atoms. The third-order valence-electron chi connectivity index (χ3n) is 3.70. The van der Waals surface area contributed by atoms with E-state index >= 15 is 0 Å². The van der Waals surface area contributed by atoms with E-state index in [-0.39, 0.29) is 0 Å². The van der Waals surface area contributed by atoms with Crippen LogP contribution in [-0.2, 0) is 11.3 Å². The highest BCUT2D eigenvalue weighted by Crippen LogP contribution is 2.27. The molecule has 0 amide bonds. The van der Waals surface area contributed by atoms with Gasteiger partial charge in [-0.05, 0) is 12.8 Å². The first kappa shape index (κ1) is 15.0. The van der Waals surface area contributed by atoms with Gasteiger partial charge in [-0.15, -0.1) is 0 Å². The maximum Gasteiger partial charge on any atom is 0.158 e. The molecule has 0 aliphatic heterocycles. The summed E-state index contributed by atoms with van der Waals surface area (Å²) < 4.78 is 5.01. The number of hydrogen-bond donors (Lipinski definition) is 3. The first-order chi connectivity index (χ1) is 9.61. The zero-order valence-electron chi connectivity index (χ0n) is 12.1. The Morgan fingerprint density at radius 1 is 1.30 bits per heavy atom. The van der Waals surface area contributed by atoms with Gasteiger partial charge in [-0.1, -0.05) is 25.7 Å². The Labute approximate surface area is 119 Å². The Bertz CT molecular complexity index is 431. The molecule has 6 nitrogen and oxygen atoms in total. The van der Waals surface area contributed by atoms with Crippen molar-refractivity contribution in [2.24, 2.45) is 0 Å². The van der Waals surface area contributed by atoms with Gasteiger partial charge >= 0.3 is 0 Å². The second kappa shape index (κ2) is 6.85. The van der Waals surface area contributed by atoms with Crippen LogP contribution in [0, 0.1) is 0 Å². The maximum absolute atomic E-state index is 10.6. The van der Waals surface area contributed by atoms with Gasteiger partial charge in [0, 0.05) is 19.7 Å². The second-order valence-electron chi connectivity index (χ2n) is 5.52. The van der Waals surface area contributed by atoms with Gasteiger partial charge in [0.05, 0.1) is 5.60 Å². The van der Waals surface area contributed by atoms with Crippen LogP contribution in [0.2, 0.25) is 0 Å². The first-order valence-electron chi connectivity index (χ1n) is 7.20. The monoisotopic (exact) mass is 280 g/mol. The number of anilines is 2. The Hall–Kier alpha value is -1.40. The predicted octanol–water partition coefficient (Wildman–Crippen LogP) is 1.70. The van der Waals surface area contributed by atoms with E-state index < -0.39 is 5.60 Å². The lowest BCUT2D eigenvalue weighted by Gasteiger charge is -2.27. The number of nitrogens with one attached hydrogen (secondary N) is 1. The number of rotatable bonds is 5. The highest BCUT2D eigenvalue weighted by atomic mass is 16.5. The SMILES string of the molecule is COCc1nc(N)cc(NCC2(O)CCCCCC2)n1. The normalized spacial score (nSPS) is 18.5. The lowest BCUT2D eigenvalue weighted by Crippen LogP contribution is -2.36. The fourth-order valence-electron chi connectivity index (χ4n) is 2.62. The summed E-state index contributed by atoms with van der Waals surface area (Å²) in [6.45, 7) is 0.819. The molecule has 0 spiro atoms. The van der Waals surface area contributed by atoms with Crippen molar-refractivity contribution in [2.75, 3.05) is 24.7 Å². The fraction of sp³-hybridized carbons (Fsp3) is 0.714. The quantitative estimate of drug-likeness (QED) is 0.711. The van der Waals surface area contributed by atoms with Crippen molar-refractivity contribution in [1.82, 2.24) is 9.97 Å². The lowest BCUT2D eigenvalue weighted by molar-refractivity contribution is 0.0380. The largest absolute Gasteiger partial charge is 0.388 e. The Morgan fingerprint density at radius 2 is 2.00 bits per heavy atom. The Kier molecular flexibility index (Phi) is 5.14. The molecule has 0 unspecified atom stereocenters. The van der Waals surface area contributed by atoms with Gasteiger partial charge < -0.3 is 20.9 Å². The van der Waals surface area contributed by atoms with Gasteiger partial charge in [0.2, 0.25) is 0 Å². The molecule has 1 aromatic rings. The van der Waals surface area contributed by atoms with E-state index in [4.69, 9.17) is 10.5 Å². The Balaban J connectivity index is 1.98. The molecule has 0 atom stereocenters. The summed E-state index contributed by atoms with van der Waals surface area (Å²) in [5, 5.41) is 13.8. The summed E-state index contributed by atoms with van der Waals surface area (Å²) in [5.41, 5.74) is 5.11. The number of methoxy groups -OCH3 is 1. The average molecular weight is 280 g/mol. The minimum absolute atomic E-state index is 0.323. The number of nitrogens with two attached hydrogens (primary N) is 1. The van der Waals surface area contributed by atoms with E-state index in [9.17, 15) is 5.11 Å². The number of ether oxygens (including phenoxy) is 1. The van der Waals surface area contributed by atoms with E-state index in [0.717, 1.165) is 25.7 Å².